The summed E-state index contributed by atoms with van der Waals surface area (Å²) in [6.45, 7) is 1.68. The Bertz CT molecular complexity index is 1100. The molecule has 8 nitrogen and oxygen atoms in total. The molecule has 4 amide bonds. The van der Waals surface area contributed by atoms with Crippen LogP contribution in [-0.4, -0.2) is 36.1 Å². The fourth-order valence-corrected chi connectivity index (χ4v) is 4.81. The predicted octanol–water partition coefficient (Wildman–Crippen LogP) is 2.77. The molecule has 2 aromatic carbocycles. The summed E-state index contributed by atoms with van der Waals surface area (Å²) in [5.41, 5.74) is 1.66. The first-order valence-electron chi connectivity index (χ1n) is 10.9. The van der Waals surface area contributed by atoms with Gasteiger partial charge in [-0.2, -0.15) is 0 Å². The van der Waals surface area contributed by atoms with E-state index in [0.717, 1.165) is 40.9 Å². The van der Waals surface area contributed by atoms with E-state index in [2.05, 4.69) is 10.6 Å². The topological polar surface area (TPSA) is 97.0 Å². The second-order valence-electron chi connectivity index (χ2n) is 8.49. The van der Waals surface area contributed by atoms with E-state index in [-0.39, 0.29) is 25.3 Å². The van der Waals surface area contributed by atoms with E-state index in [0.29, 0.717) is 17.9 Å². The zero-order chi connectivity index (χ0) is 22.3. The van der Waals surface area contributed by atoms with Gasteiger partial charge >= 0.3 is 6.03 Å². The monoisotopic (exact) mass is 435 g/mol. The minimum Gasteiger partial charge on any atom is -0.454 e. The van der Waals surface area contributed by atoms with Gasteiger partial charge in [-0.3, -0.25) is 14.5 Å². The second kappa shape index (κ2) is 7.85. The lowest BCUT2D eigenvalue weighted by Crippen LogP contribution is -2.45. The van der Waals surface area contributed by atoms with E-state index >= 15 is 0 Å². The van der Waals surface area contributed by atoms with Gasteiger partial charge in [0.05, 0.1) is 6.04 Å². The van der Waals surface area contributed by atoms with Crippen molar-refractivity contribution in [2.24, 2.45) is 0 Å². The number of nitrogens with zero attached hydrogens (tertiary/aromatic N) is 1. The minimum atomic E-state index is -1.09. The van der Waals surface area contributed by atoms with E-state index in [1.54, 1.807) is 6.07 Å². The number of hydrogen-bond acceptors (Lipinski definition) is 5. The number of ether oxygens (including phenoxy) is 2. The van der Waals surface area contributed by atoms with Crippen LogP contribution in [0, 0.1) is 0 Å². The quantitative estimate of drug-likeness (QED) is 0.720. The van der Waals surface area contributed by atoms with Crippen molar-refractivity contribution in [1.29, 1.82) is 0 Å². The van der Waals surface area contributed by atoms with Crippen LogP contribution in [0.3, 0.4) is 0 Å². The number of carbonyl (C=O) groups is 3. The number of benzene rings is 2. The van der Waals surface area contributed by atoms with E-state index in [1.165, 1.54) is 0 Å². The summed E-state index contributed by atoms with van der Waals surface area (Å²) in [6, 6.07) is 12.3. The predicted molar refractivity (Wildman–Crippen MR) is 115 cm³/mol. The molecule has 3 aliphatic rings. The number of hydrogen-bond donors (Lipinski definition) is 2. The summed E-state index contributed by atoms with van der Waals surface area (Å²) in [6.07, 6.45) is 3.17. The maximum absolute atomic E-state index is 13.5. The first-order valence-corrected chi connectivity index (χ1v) is 10.9. The number of urea groups is 1. The molecule has 1 saturated heterocycles. The average Bonchev–Trinajstić information content (AvgIpc) is 3.28. The second-order valence-corrected chi connectivity index (χ2v) is 8.49. The first-order chi connectivity index (χ1) is 15.5. The standard InChI is InChI=1S/C24H25N3O5/c1-15(17-9-10-19-20(12-17)32-14-31-19)25-21(28)13-27-22(29)24(26-23(27)30)11-5-4-7-16-6-2-3-8-18(16)24/h2-3,6,8-10,12,15H,4-5,7,11,13-14H2,1H3,(H,25,28)(H,26,30)/t15-,24+/m0/s1. The maximum Gasteiger partial charge on any atom is 0.325 e. The van der Waals surface area contributed by atoms with Gasteiger partial charge in [0.2, 0.25) is 12.7 Å². The van der Waals surface area contributed by atoms with Gasteiger partial charge in [-0.1, -0.05) is 30.3 Å². The minimum absolute atomic E-state index is 0.177. The molecule has 0 aromatic heterocycles. The van der Waals surface area contributed by atoms with Crippen LogP contribution < -0.4 is 20.1 Å². The number of carbonyl (C=O) groups excluding carboxylic acids is 3. The molecule has 2 N–H and O–H groups in total. The molecule has 2 atom stereocenters. The Morgan fingerprint density at radius 1 is 1.16 bits per heavy atom. The smallest absolute Gasteiger partial charge is 0.325 e. The zero-order valence-electron chi connectivity index (χ0n) is 17.8. The van der Waals surface area contributed by atoms with Gasteiger partial charge in [0.25, 0.3) is 5.91 Å². The molecule has 166 valence electrons. The van der Waals surface area contributed by atoms with Crippen LogP contribution in [0.5, 0.6) is 11.5 Å². The molecule has 32 heavy (non-hydrogen) atoms. The fraction of sp³-hybridized carbons (Fsp3) is 0.375. The van der Waals surface area contributed by atoms with Gasteiger partial charge < -0.3 is 20.1 Å². The summed E-state index contributed by atoms with van der Waals surface area (Å²) >= 11 is 0. The lowest BCUT2D eigenvalue weighted by atomic mass is 9.84. The third-order valence-corrected chi connectivity index (χ3v) is 6.48. The normalized spacial score (nSPS) is 22.3. The number of amides is 4. The van der Waals surface area contributed by atoms with Crippen LogP contribution in [0.4, 0.5) is 4.79 Å². The van der Waals surface area contributed by atoms with E-state index in [9.17, 15) is 14.4 Å². The zero-order valence-corrected chi connectivity index (χ0v) is 17.8. The SMILES string of the molecule is C[C@H](NC(=O)CN1C(=O)N[C@@]2(CCCCc3ccccc32)C1=O)c1ccc2c(c1)OCO2. The van der Waals surface area contributed by atoms with E-state index < -0.39 is 17.5 Å². The Kier molecular flexibility index (Phi) is 5.00. The number of aryl methyl sites for hydroxylation is 1. The van der Waals surface area contributed by atoms with Gasteiger partial charge in [-0.15, -0.1) is 0 Å². The van der Waals surface area contributed by atoms with Crippen LogP contribution in [-0.2, 0) is 21.5 Å². The van der Waals surface area contributed by atoms with Crippen molar-refractivity contribution >= 4 is 17.8 Å². The van der Waals surface area contributed by atoms with Crippen molar-refractivity contribution in [2.45, 2.75) is 44.2 Å². The average molecular weight is 435 g/mol. The lowest BCUT2D eigenvalue weighted by molar-refractivity contribution is -0.135. The van der Waals surface area contributed by atoms with Crippen molar-refractivity contribution in [2.75, 3.05) is 13.3 Å². The van der Waals surface area contributed by atoms with Crippen molar-refractivity contribution < 1.29 is 23.9 Å². The molecular weight excluding hydrogens is 410 g/mol. The highest BCUT2D eigenvalue weighted by Gasteiger charge is 2.53. The van der Waals surface area contributed by atoms with Gasteiger partial charge in [0.1, 0.15) is 12.1 Å². The molecule has 1 aliphatic carbocycles. The summed E-state index contributed by atoms with van der Waals surface area (Å²) < 4.78 is 10.7. The molecule has 5 rings (SSSR count). The first kappa shape index (κ1) is 20.4. The summed E-state index contributed by atoms with van der Waals surface area (Å²) in [7, 11) is 0. The van der Waals surface area contributed by atoms with Gasteiger partial charge in [0, 0.05) is 0 Å². The molecule has 1 fully saturated rings. The highest BCUT2D eigenvalue weighted by atomic mass is 16.7. The molecule has 2 heterocycles. The van der Waals surface area contributed by atoms with Gasteiger partial charge in [-0.05, 0) is 61.4 Å². The number of rotatable bonds is 4. The summed E-state index contributed by atoms with van der Waals surface area (Å²) in [4.78, 5) is 40.0. The fourth-order valence-electron chi connectivity index (χ4n) is 4.81. The van der Waals surface area contributed by atoms with Crippen LogP contribution in [0.2, 0.25) is 0 Å². The molecule has 8 heteroatoms. The largest absolute Gasteiger partial charge is 0.454 e. The number of nitrogens with one attached hydrogen (secondary N) is 2. The maximum atomic E-state index is 13.5. The van der Waals surface area contributed by atoms with Crippen LogP contribution in [0.1, 0.15) is 48.9 Å². The van der Waals surface area contributed by atoms with Gasteiger partial charge in [-0.25, -0.2) is 4.79 Å². The van der Waals surface area contributed by atoms with Crippen molar-refractivity contribution in [3.8, 4) is 11.5 Å². The van der Waals surface area contributed by atoms with Crippen LogP contribution in [0.25, 0.3) is 0 Å². The molecule has 2 aromatic rings. The lowest BCUT2D eigenvalue weighted by Gasteiger charge is -2.27. The summed E-state index contributed by atoms with van der Waals surface area (Å²) in [5.74, 6) is 0.535. The number of fused-ring (bicyclic) bond motifs is 3. The summed E-state index contributed by atoms with van der Waals surface area (Å²) in [5, 5.41) is 5.78. The third kappa shape index (κ3) is 3.36. The Morgan fingerprint density at radius 2 is 1.97 bits per heavy atom. The van der Waals surface area contributed by atoms with Crippen molar-refractivity contribution in [1.82, 2.24) is 15.5 Å². The van der Waals surface area contributed by atoms with Crippen molar-refractivity contribution in [3.05, 3.63) is 59.2 Å². The number of imide groups is 1. The Morgan fingerprint density at radius 3 is 2.84 bits per heavy atom. The molecule has 0 unspecified atom stereocenters. The molecule has 0 bridgehead atoms. The Hall–Kier alpha value is -3.55. The van der Waals surface area contributed by atoms with Gasteiger partial charge in [0.15, 0.2) is 11.5 Å². The van der Waals surface area contributed by atoms with E-state index in [4.69, 9.17) is 9.47 Å². The molecule has 0 saturated carbocycles. The molecule has 0 radical (unpaired) electrons. The Balaban J connectivity index is 1.31. The molecular formula is C24H25N3O5. The van der Waals surface area contributed by atoms with Crippen molar-refractivity contribution in [3.63, 3.8) is 0 Å². The highest BCUT2D eigenvalue weighted by Crippen LogP contribution is 2.39. The van der Waals surface area contributed by atoms with Crippen LogP contribution in [0.15, 0.2) is 42.5 Å². The van der Waals surface area contributed by atoms with Crippen LogP contribution >= 0.6 is 0 Å². The van der Waals surface area contributed by atoms with E-state index in [1.807, 2.05) is 43.3 Å². The molecule has 1 spiro atoms. The Labute approximate surface area is 185 Å². The molecule has 2 aliphatic heterocycles. The third-order valence-electron chi connectivity index (χ3n) is 6.48. The highest BCUT2D eigenvalue weighted by molar-refractivity contribution is 6.09.